The summed E-state index contributed by atoms with van der Waals surface area (Å²) in [4.78, 5) is 5.23. The summed E-state index contributed by atoms with van der Waals surface area (Å²) in [5.41, 5.74) is 0.928. The van der Waals surface area contributed by atoms with Crippen molar-refractivity contribution in [3.05, 3.63) is 50.6 Å². The van der Waals surface area contributed by atoms with E-state index in [2.05, 4.69) is 15.2 Å². The van der Waals surface area contributed by atoms with Crippen LogP contribution in [0.5, 0.6) is 0 Å². The van der Waals surface area contributed by atoms with Gasteiger partial charge in [-0.05, 0) is 36.5 Å². The summed E-state index contributed by atoms with van der Waals surface area (Å²) >= 11 is 12.8. The fourth-order valence-electron chi connectivity index (χ4n) is 1.77. The minimum absolute atomic E-state index is 0.586. The highest BCUT2D eigenvalue weighted by molar-refractivity contribution is 7.71. The lowest BCUT2D eigenvalue weighted by Crippen LogP contribution is -2.01. The SMILES string of the molecule is S=c1[nH]nc(-c2cccnc2)n1Cc1ccc(Cl)s1. The molecule has 0 aliphatic rings. The molecule has 0 unspecified atom stereocenters. The van der Waals surface area contributed by atoms with Gasteiger partial charge in [0.15, 0.2) is 10.6 Å². The largest absolute Gasteiger partial charge is 0.295 e. The lowest BCUT2D eigenvalue weighted by atomic mass is 10.2. The predicted molar refractivity (Wildman–Crippen MR) is 79.1 cm³/mol. The quantitative estimate of drug-likeness (QED) is 0.749. The molecule has 0 radical (unpaired) electrons. The van der Waals surface area contributed by atoms with Crippen LogP contribution in [0.3, 0.4) is 0 Å². The molecule has 3 aromatic heterocycles. The summed E-state index contributed by atoms with van der Waals surface area (Å²) in [6, 6.07) is 7.71. The van der Waals surface area contributed by atoms with Crippen LogP contribution in [-0.4, -0.2) is 19.7 Å². The van der Waals surface area contributed by atoms with Crippen LogP contribution in [0.4, 0.5) is 0 Å². The number of rotatable bonds is 3. The zero-order valence-electron chi connectivity index (χ0n) is 9.71. The molecule has 0 spiro atoms. The summed E-state index contributed by atoms with van der Waals surface area (Å²) in [5.74, 6) is 0.780. The van der Waals surface area contributed by atoms with E-state index >= 15 is 0 Å². The Labute approximate surface area is 123 Å². The number of aromatic amines is 1. The van der Waals surface area contributed by atoms with E-state index in [0.717, 1.165) is 20.6 Å². The van der Waals surface area contributed by atoms with Gasteiger partial charge in [-0.1, -0.05) is 11.6 Å². The van der Waals surface area contributed by atoms with Crippen molar-refractivity contribution in [2.24, 2.45) is 0 Å². The van der Waals surface area contributed by atoms with Gasteiger partial charge < -0.3 is 0 Å². The highest BCUT2D eigenvalue weighted by Gasteiger charge is 2.10. The molecule has 7 heteroatoms. The van der Waals surface area contributed by atoms with E-state index in [9.17, 15) is 0 Å². The number of hydrogen-bond donors (Lipinski definition) is 1. The van der Waals surface area contributed by atoms with Gasteiger partial charge in [-0.15, -0.1) is 11.3 Å². The van der Waals surface area contributed by atoms with Crippen LogP contribution in [0.2, 0.25) is 4.34 Å². The third kappa shape index (κ3) is 2.60. The Balaban J connectivity index is 2.02. The monoisotopic (exact) mass is 308 g/mol. The summed E-state index contributed by atoms with van der Waals surface area (Å²) in [6.07, 6.45) is 3.50. The second-order valence-corrected chi connectivity index (χ2v) is 6.07. The Morgan fingerprint density at radius 1 is 1.37 bits per heavy atom. The van der Waals surface area contributed by atoms with Gasteiger partial charge in [0.25, 0.3) is 0 Å². The molecular weight excluding hydrogens is 300 g/mol. The summed E-state index contributed by atoms with van der Waals surface area (Å²) in [7, 11) is 0. The topological polar surface area (TPSA) is 46.5 Å². The Bertz CT molecular complexity index is 744. The molecule has 3 rings (SSSR count). The number of hydrogen-bond acceptors (Lipinski definition) is 4. The molecule has 0 aromatic carbocycles. The van der Waals surface area contributed by atoms with Gasteiger partial charge in [-0.25, -0.2) is 0 Å². The van der Waals surface area contributed by atoms with E-state index in [0.29, 0.717) is 11.3 Å². The number of aromatic nitrogens is 4. The van der Waals surface area contributed by atoms with E-state index in [1.54, 1.807) is 12.4 Å². The van der Waals surface area contributed by atoms with E-state index in [1.165, 1.54) is 11.3 Å². The number of H-pyrrole nitrogens is 1. The van der Waals surface area contributed by atoms with Crippen LogP contribution in [-0.2, 0) is 6.54 Å². The highest BCUT2D eigenvalue weighted by Crippen LogP contribution is 2.24. The zero-order chi connectivity index (χ0) is 13.2. The molecule has 0 fully saturated rings. The molecule has 0 aliphatic carbocycles. The molecule has 3 aromatic rings. The third-order valence-corrected chi connectivity index (χ3v) is 4.15. The van der Waals surface area contributed by atoms with E-state index in [4.69, 9.17) is 23.8 Å². The molecule has 19 heavy (non-hydrogen) atoms. The fraction of sp³-hybridized carbons (Fsp3) is 0.0833. The first-order valence-electron chi connectivity index (χ1n) is 5.54. The minimum Gasteiger partial charge on any atom is -0.295 e. The van der Waals surface area contributed by atoms with Crippen molar-refractivity contribution in [3.63, 3.8) is 0 Å². The first-order valence-corrected chi connectivity index (χ1v) is 7.14. The summed E-state index contributed by atoms with van der Waals surface area (Å²) < 4.78 is 3.30. The van der Waals surface area contributed by atoms with Crippen LogP contribution < -0.4 is 0 Å². The normalized spacial score (nSPS) is 10.8. The summed E-state index contributed by atoms with van der Waals surface area (Å²) in [5, 5.41) is 7.09. The molecule has 0 amide bonds. The van der Waals surface area contributed by atoms with Gasteiger partial charge >= 0.3 is 0 Å². The first-order chi connectivity index (χ1) is 9.24. The average molecular weight is 309 g/mol. The van der Waals surface area contributed by atoms with Crippen molar-refractivity contribution in [3.8, 4) is 11.4 Å². The maximum Gasteiger partial charge on any atom is 0.195 e. The average Bonchev–Trinajstić information content (AvgIpc) is 2.99. The van der Waals surface area contributed by atoms with Crippen LogP contribution >= 0.6 is 35.2 Å². The molecule has 4 nitrogen and oxygen atoms in total. The van der Waals surface area contributed by atoms with E-state index < -0.39 is 0 Å². The molecule has 0 saturated carbocycles. The van der Waals surface area contributed by atoms with Gasteiger partial charge in [0, 0.05) is 22.8 Å². The second-order valence-electron chi connectivity index (χ2n) is 3.89. The number of nitrogens with zero attached hydrogens (tertiary/aromatic N) is 3. The predicted octanol–water partition coefficient (Wildman–Crippen LogP) is 3.77. The smallest absolute Gasteiger partial charge is 0.195 e. The van der Waals surface area contributed by atoms with Crippen molar-refractivity contribution in [2.45, 2.75) is 6.54 Å². The molecule has 0 bridgehead atoms. The van der Waals surface area contributed by atoms with Crippen LogP contribution in [0, 0.1) is 4.77 Å². The second kappa shape index (κ2) is 5.24. The highest BCUT2D eigenvalue weighted by atomic mass is 35.5. The Hall–Kier alpha value is -1.50. The zero-order valence-corrected chi connectivity index (χ0v) is 12.1. The van der Waals surface area contributed by atoms with E-state index in [1.807, 2.05) is 28.8 Å². The molecule has 1 N–H and O–H groups in total. The molecule has 0 aliphatic heterocycles. The number of thiophene rings is 1. The van der Waals surface area contributed by atoms with Gasteiger partial charge in [-0.3, -0.25) is 14.6 Å². The lowest BCUT2D eigenvalue weighted by Gasteiger charge is -2.04. The maximum absolute atomic E-state index is 5.95. The Morgan fingerprint density at radius 3 is 2.95 bits per heavy atom. The standard InChI is InChI=1S/C12H9ClN4S2/c13-10-4-3-9(19-10)7-17-11(15-16-12(17)18)8-2-1-5-14-6-8/h1-6H,7H2,(H,16,18). The van der Waals surface area contributed by atoms with Gasteiger partial charge in [0.2, 0.25) is 0 Å². The van der Waals surface area contributed by atoms with Crippen molar-refractivity contribution in [1.82, 2.24) is 19.7 Å². The summed E-state index contributed by atoms with van der Waals surface area (Å²) in [6.45, 7) is 0.650. The Kier molecular flexibility index (Phi) is 3.46. The minimum atomic E-state index is 0.586. The van der Waals surface area contributed by atoms with Crippen molar-refractivity contribution < 1.29 is 0 Å². The third-order valence-electron chi connectivity index (χ3n) is 2.62. The molecule has 3 heterocycles. The van der Waals surface area contributed by atoms with Crippen molar-refractivity contribution >= 4 is 35.2 Å². The van der Waals surface area contributed by atoms with Crippen LogP contribution in [0.15, 0.2) is 36.7 Å². The molecule has 96 valence electrons. The lowest BCUT2D eigenvalue weighted by molar-refractivity contribution is 0.802. The van der Waals surface area contributed by atoms with Gasteiger partial charge in [-0.2, -0.15) is 5.10 Å². The first kappa shape index (κ1) is 12.5. The maximum atomic E-state index is 5.95. The van der Waals surface area contributed by atoms with Crippen molar-refractivity contribution in [1.29, 1.82) is 0 Å². The molecule has 0 atom stereocenters. The van der Waals surface area contributed by atoms with Crippen LogP contribution in [0.25, 0.3) is 11.4 Å². The van der Waals surface area contributed by atoms with Crippen LogP contribution in [0.1, 0.15) is 4.88 Å². The molecular formula is C12H9ClN4S2. The van der Waals surface area contributed by atoms with Crippen molar-refractivity contribution in [2.75, 3.05) is 0 Å². The Morgan fingerprint density at radius 2 is 2.26 bits per heavy atom. The fourth-order valence-corrected chi connectivity index (χ4v) is 3.05. The van der Waals surface area contributed by atoms with Gasteiger partial charge in [0.1, 0.15) is 0 Å². The number of halogens is 1. The number of nitrogens with one attached hydrogen (secondary N) is 1. The number of pyridine rings is 1. The van der Waals surface area contributed by atoms with E-state index in [-0.39, 0.29) is 0 Å². The van der Waals surface area contributed by atoms with Gasteiger partial charge in [0.05, 0.1) is 10.9 Å². The molecule has 0 saturated heterocycles.